The Labute approximate surface area is 118 Å². The Morgan fingerprint density at radius 3 is 2.39 bits per heavy atom. The van der Waals surface area contributed by atoms with Crippen molar-refractivity contribution in [2.75, 3.05) is 23.6 Å². The predicted molar refractivity (Wildman–Crippen MR) is 77.0 cm³/mol. The number of para-hydroxylation sites is 1. The maximum Gasteiger partial charge on any atom is 0.232 e. The molecule has 0 radical (unpaired) electrons. The average molecular weight is 311 g/mol. The number of hydrogen-bond donors (Lipinski definition) is 2. The monoisotopic (exact) mass is 310 g/mol. The molecule has 0 amide bonds. The topological polar surface area (TPSA) is 58.2 Å². The van der Waals surface area contributed by atoms with E-state index in [1.165, 1.54) is 0 Å². The van der Waals surface area contributed by atoms with Crippen LogP contribution in [0.4, 0.5) is 5.69 Å². The van der Waals surface area contributed by atoms with Gasteiger partial charge in [0.05, 0.1) is 21.5 Å². The highest BCUT2D eigenvalue weighted by molar-refractivity contribution is 7.92. The minimum Gasteiger partial charge on any atom is -0.317 e. The maximum atomic E-state index is 11.8. The first kappa shape index (κ1) is 15.6. The van der Waals surface area contributed by atoms with Crippen LogP contribution in [0.2, 0.25) is 10.0 Å². The van der Waals surface area contributed by atoms with Crippen LogP contribution in [0.3, 0.4) is 0 Å². The Morgan fingerprint density at radius 1 is 1.22 bits per heavy atom. The van der Waals surface area contributed by atoms with Crippen molar-refractivity contribution in [1.82, 2.24) is 5.32 Å². The molecule has 0 unspecified atom stereocenters. The molecule has 0 aromatic heterocycles. The van der Waals surface area contributed by atoms with E-state index >= 15 is 0 Å². The molecule has 0 bridgehead atoms. The fourth-order valence-electron chi connectivity index (χ4n) is 1.37. The molecule has 1 rings (SSSR count). The maximum absolute atomic E-state index is 11.8. The lowest BCUT2D eigenvalue weighted by molar-refractivity contribution is 0.595. The summed E-state index contributed by atoms with van der Waals surface area (Å²) in [5, 5.41) is 3.64. The highest BCUT2D eigenvalue weighted by Crippen LogP contribution is 2.30. The second-order valence-corrected chi connectivity index (χ2v) is 6.38. The van der Waals surface area contributed by atoms with E-state index in [9.17, 15) is 8.42 Å². The van der Waals surface area contributed by atoms with Crippen molar-refractivity contribution < 1.29 is 8.42 Å². The van der Waals surface area contributed by atoms with Crippen molar-refractivity contribution in [2.24, 2.45) is 0 Å². The SMILES string of the molecule is CCNCCCS(=O)(=O)Nc1c(Cl)cccc1Cl. The summed E-state index contributed by atoms with van der Waals surface area (Å²) < 4.78 is 26.0. The molecule has 4 nitrogen and oxygen atoms in total. The van der Waals surface area contributed by atoms with E-state index in [0.717, 1.165) is 6.54 Å². The molecule has 1 aromatic rings. The second-order valence-electron chi connectivity index (χ2n) is 3.72. The van der Waals surface area contributed by atoms with Gasteiger partial charge in [0.2, 0.25) is 10.0 Å². The molecular weight excluding hydrogens is 295 g/mol. The summed E-state index contributed by atoms with van der Waals surface area (Å²) in [4.78, 5) is 0. The van der Waals surface area contributed by atoms with Crippen molar-refractivity contribution in [3.63, 3.8) is 0 Å². The van der Waals surface area contributed by atoms with Crippen molar-refractivity contribution in [2.45, 2.75) is 13.3 Å². The second kappa shape index (κ2) is 7.19. The van der Waals surface area contributed by atoms with Gasteiger partial charge in [0.15, 0.2) is 0 Å². The molecule has 102 valence electrons. The van der Waals surface area contributed by atoms with Gasteiger partial charge in [0, 0.05) is 0 Å². The van der Waals surface area contributed by atoms with E-state index in [1.54, 1.807) is 18.2 Å². The van der Waals surface area contributed by atoms with Crippen LogP contribution >= 0.6 is 23.2 Å². The van der Waals surface area contributed by atoms with Crippen molar-refractivity contribution in [1.29, 1.82) is 0 Å². The molecule has 0 aliphatic heterocycles. The lowest BCUT2D eigenvalue weighted by atomic mass is 10.3. The zero-order valence-corrected chi connectivity index (χ0v) is 12.4. The summed E-state index contributed by atoms with van der Waals surface area (Å²) in [5.41, 5.74) is 0.240. The largest absolute Gasteiger partial charge is 0.317 e. The summed E-state index contributed by atoms with van der Waals surface area (Å²) in [6, 6.07) is 4.83. The first-order valence-corrected chi connectivity index (χ1v) is 8.02. The summed E-state index contributed by atoms with van der Waals surface area (Å²) in [6.45, 7) is 3.45. The molecule has 2 N–H and O–H groups in total. The third-order valence-electron chi connectivity index (χ3n) is 2.24. The number of rotatable bonds is 7. The molecule has 0 atom stereocenters. The molecule has 0 saturated carbocycles. The van der Waals surface area contributed by atoms with Crippen LogP contribution in [-0.4, -0.2) is 27.3 Å². The van der Waals surface area contributed by atoms with Crippen molar-refractivity contribution in [3.05, 3.63) is 28.2 Å². The first-order valence-electron chi connectivity index (χ1n) is 5.61. The predicted octanol–water partition coefficient (Wildman–Crippen LogP) is 2.73. The van der Waals surface area contributed by atoms with E-state index in [4.69, 9.17) is 23.2 Å². The van der Waals surface area contributed by atoms with Crippen LogP contribution in [0.15, 0.2) is 18.2 Å². The fraction of sp³-hybridized carbons (Fsp3) is 0.455. The van der Waals surface area contributed by atoms with Crippen LogP contribution in [0.5, 0.6) is 0 Å². The standard InChI is InChI=1S/C11H16Cl2N2O2S/c1-2-14-7-4-8-18(16,17)15-11-9(12)5-3-6-10(11)13/h3,5-6,14-15H,2,4,7-8H2,1H3. The molecule has 0 saturated heterocycles. The zero-order valence-electron chi connectivity index (χ0n) is 10.0. The highest BCUT2D eigenvalue weighted by Gasteiger charge is 2.14. The third-order valence-corrected chi connectivity index (χ3v) is 4.21. The number of nitrogens with one attached hydrogen (secondary N) is 2. The molecule has 18 heavy (non-hydrogen) atoms. The third kappa shape index (κ3) is 5.02. The average Bonchev–Trinajstić information content (AvgIpc) is 2.30. The van der Waals surface area contributed by atoms with Gasteiger partial charge in [-0.25, -0.2) is 8.42 Å². The number of anilines is 1. The summed E-state index contributed by atoms with van der Waals surface area (Å²) in [5.74, 6) is 0.0293. The lowest BCUT2D eigenvalue weighted by Crippen LogP contribution is -2.22. The molecule has 0 fully saturated rings. The Kier molecular flexibility index (Phi) is 6.21. The minimum absolute atomic E-state index is 0.0293. The highest BCUT2D eigenvalue weighted by atomic mass is 35.5. The quantitative estimate of drug-likeness (QED) is 0.761. The van der Waals surface area contributed by atoms with Gasteiger partial charge in [0.25, 0.3) is 0 Å². The van der Waals surface area contributed by atoms with E-state index in [0.29, 0.717) is 13.0 Å². The van der Waals surface area contributed by atoms with Gasteiger partial charge in [-0.3, -0.25) is 4.72 Å². The van der Waals surface area contributed by atoms with Gasteiger partial charge in [-0.05, 0) is 31.6 Å². The van der Waals surface area contributed by atoms with Crippen molar-refractivity contribution in [3.8, 4) is 0 Å². The summed E-state index contributed by atoms with van der Waals surface area (Å²) >= 11 is 11.8. The van der Waals surface area contributed by atoms with Gasteiger partial charge >= 0.3 is 0 Å². The van der Waals surface area contributed by atoms with E-state index < -0.39 is 10.0 Å². The van der Waals surface area contributed by atoms with Crippen LogP contribution in [-0.2, 0) is 10.0 Å². The van der Waals surface area contributed by atoms with E-state index in [1.807, 2.05) is 6.92 Å². The molecule has 1 aromatic carbocycles. The Hall–Kier alpha value is -0.490. The van der Waals surface area contributed by atoms with Crippen LogP contribution < -0.4 is 10.0 Å². The number of halogens is 2. The molecular formula is C11H16Cl2N2O2S. The van der Waals surface area contributed by atoms with Gasteiger partial charge in [-0.2, -0.15) is 0 Å². The smallest absolute Gasteiger partial charge is 0.232 e. The molecule has 0 aliphatic rings. The van der Waals surface area contributed by atoms with Gasteiger partial charge in [-0.15, -0.1) is 0 Å². The van der Waals surface area contributed by atoms with Crippen LogP contribution in [0.1, 0.15) is 13.3 Å². The summed E-state index contributed by atoms with van der Waals surface area (Å²) in [6.07, 6.45) is 0.533. The Bertz CT molecular complexity index is 472. The molecule has 0 spiro atoms. The van der Waals surface area contributed by atoms with E-state index in [2.05, 4.69) is 10.0 Å². The number of hydrogen-bond acceptors (Lipinski definition) is 3. The fourth-order valence-corrected chi connectivity index (χ4v) is 3.13. The summed E-state index contributed by atoms with van der Waals surface area (Å²) in [7, 11) is -3.42. The normalized spacial score (nSPS) is 11.5. The lowest BCUT2D eigenvalue weighted by Gasteiger charge is -2.11. The molecule has 0 heterocycles. The number of benzene rings is 1. The van der Waals surface area contributed by atoms with E-state index in [-0.39, 0.29) is 21.5 Å². The zero-order chi connectivity index (χ0) is 13.6. The molecule has 0 aliphatic carbocycles. The van der Waals surface area contributed by atoms with Crippen molar-refractivity contribution >= 4 is 38.9 Å². The number of sulfonamides is 1. The van der Waals surface area contributed by atoms with Gasteiger partial charge in [-0.1, -0.05) is 36.2 Å². The van der Waals surface area contributed by atoms with Crippen LogP contribution in [0, 0.1) is 0 Å². The van der Waals surface area contributed by atoms with Gasteiger partial charge in [0.1, 0.15) is 0 Å². The van der Waals surface area contributed by atoms with Gasteiger partial charge < -0.3 is 5.32 Å². The Balaban J connectivity index is 2.65. The van der Waals surface area contributed by atoms with Crippen LogP contribution in [0.25, 0.3) is 0 Å². The first-order chi connectivity index (χ1) is 8.46. The molecule has 7 heteroatoms. The minimum atomic E-state index is -3.42. The Morgan fingerprint density at radius 2 is 1.83 bits per heavy atom.